The Morgan fingerprint density at radius 1 is 0.475 bits per heavy atom. The Labute approximate surface area is 243 Å². The van der Waals surface area contributed by atoms with Crippen LogP contribution in [0.3, 0.4) is 0 Å². The summed E-state index contributed by atoms with van der Waals surface area (Å²) in [6, 6.07) is 0. The van der Waals surface area contributed by atoms with Crippen LogP contribution in [0.2, 0.25) is 0 Å². The van der Waals surface area contributed by atoms with Crippen molar-refractivity contribution in [3.05, 3.63) is 0 Å². The zero-order valence-corrected chi connectivity index (χ0v) is 24.5. The number of carboxylic acid groups (broad SMARTS) is 1. The van der Waals surface area contributed by atoms with E-state index in [0.29, 0.717) is 106 Å². The Morgan fingerprint density at radius 2 is 0.850 bits per heavy atom. The number of carbonyl (C=O) groups is 2. The van der Waals surface area contributed by atoms with Gasteiger partial charge in [0.15, 0.2) is 0 Å². The smallest absolute Gasteiger partial charge is 0.329 e. The van der Waals surface area contributed by atoms with Crippen LogP contribution in [0.4, 0.5) is 0 Å². The quantitative estimate of drug-likeness (QED) is 0.0802. The SMILES string of the molecule is O=C(O)COCC(=O)NCCOCCOCCOCCOCCOCCOCCOCCOCCCCCCCl. The first-order chi connectivity index (χ1) is 19.7. The lowest BCUT2D eigenvalue weighted by Gasteiger charge is -2.09. The number of unbranched alkanes of at least 4 members (excludes halogenated alkanes) is 3. The molecule has 0 aliphatic rings. The molecule has 2 N–H and O–H groups in total. The Bertz CT molecular complexity index is 548. The lowest BCUT2D eigenvalue weighted by Crippen LogP contribution is -2.31. The minimum atomic E-state index is -1.12. The van der Waals surface area contributed by atoms with Crippen LogP contribution in [-0.4, -0.2) is 148 Å². The van der Waals surface area contributed by atoms with Crippen molar-refractivity contribution in [3.63, 3.8) is 0 Å². The molecule has 0 saturated carbocycles. The summed E-state index contributed by atoms with van der Waals surface area (Å²) in [6.45, 7) is 7.50. The van der Waals surface area contributed by atoms with Gasteiger partial charge in [0.05, 0.1) is 99.1 Å². The third-order valence-electron chi connectivity index (χ3n) is 4.80. The fraction of sp³-hybridized carbons (Fsp3) is 0.923. The van der Waals surface area contributed by atoms with E-state index in [4.69, 9.17) is 54.6 Å². The van der Waals surface area contributed by atoms with Crippen molar-refractivity contribution in [2.45, 2.75) is 25.7 Å². The third kappa shape index (κ3) is 34.9. The molecule has 0 heterocycles. The van der Waals surface area contributed by atoms with Gasteiger partial charge in [-0.25, -0.2) is 4.79 Å². The summed E-state index contributed by atoms with van der Waals surface area (Å²) < 4.78 is 48.1. The molecule has 13 nitrogen and oxygen atoms in total. The Kier molecular flexibility index (Phi) is 33.1. The second-order valence-corrected chi connectivity index (χ2v) is 8.62. The van der Waals surface area contributed by atoms with E-state index in [2.05, 4.69) is 10.1 Å². The van der Waals surface area contributed by atoms with Gasteiger partial charge in [0.1, 0.15) is 13.2 Å². The van der Waals surface area contributed by atoms with E-state index in [0.717, 1.165) is 38.2 Å². The van der Waals surface area contributed by atoms with Crippen molar-refractivity contribution in [3.8, 4) is 0 Å². The van der Waals surface area contributed by atoms with Gasteiger partial charge in [-0.15, -0.1) is 11.6 Å². The largest absolute Gasteiger partial charge is 0.480 e. The van der Waals surface area contributed by atoms with Crippen molar-refractivity contribution in [1.29, 1.82) is 0 Å². The third-order valence-corrected chi connectivity index (χ3v) is 5.07. The summed E-state index contributed by atoms with van der Waals surface area (Å²) in [5.74, 6) is -0.778. The number of halogens is 1. The minimum absolute atomic E-state index is 0.297. The zero-order valence-electron chi connectivity index (χ0n) is 23.8. The Morgan fingerprint density at radius 3 is 1.25 bits per heavy atom. The molecule has 40 heavy (non-hydrogen) atoms. The predicted octanol–water partition coefficient (Wildman–Crippen LogP) is 1.14. The summed E-state index contributed by atoms with van der Waals surface area (Å²) >= 11 is 5.64. The van der Waals surface area contributed by atoms with Gasteiger partial charge in [0.2, 0.25) is 5.91 Å². The second kappa shape index (κ2) is 34.1. The van der Waals surface area contributed by atoms with Gasteiger partial charge in [-0.1, -0.05) is 12.8 Å². The van der Waals surface area contributed by atoms with E-state index in [1.54, 1.807) is 0 Å². The first-order valence-corrected chi connectivity index (χ1v) is 14.4. The summed E-state index contributed by atoms with van der Waals surface area (Å²) in [6.07, 6.45) is 4.46. The molecular formula is C26H50ClNO12. The zero-order chi connectivity index (χ0) is 29.2. The van der Waals surface area contributed by atoms with Gasteiger partial charge in [-0.3, -0.25) is 4.79 Å². The molecule has 0 fully saturated rings. The van der Waals surface area contributed by atoms with E-state index in [9.17, 15) is 9.59 Å². The van der Waals surface area contributed by atoms with E-state index < -0.39 is 18.5 Å². The maximum Gasteiger partial charge on any atom is 0.329 e. The second-order valence-electron chi connectivity index (χ2n) is 8.24. The van der Waals surface area contributed by atoms with Gasteiger partial charge in [0, 0.05) is 19.0 Å². The molecule has 0 bridgehead atoms. The highest BCUT2D eigenvalue weighted by Crippen LogP contribution is 2.01. The number of hydrogen-bond donors (Lipinski definition) is 2. The number of carbonyl (C=O) groups excluding carboxylic acids is 1. The summed E-state index contributed by atoms with van der Waals surface area (Å²) in [5, 5.41) is 11.0. The lowest BCUT2D eigenvalue weighted by molar-refractivity contribution is -0.143. The molecule has 0 aliphatic carbocycles. The normalized spacial score (nSPS) is 11.2. The first-order valence-electron chi connectivity index (χ1n) is 13.9. The van der Waals surface area contributed by atoms with E-state index >= 15 is 0 Å². The molecule has 0 aromatic heterocycles. The van der Waals surface area contributed by atoms with Crippen molar-refractivity contribution in [1.82, 2.24) is 5.32 Å². The highest BCUT2D eigenvalue weighted by atomic mass is 35.5. The molecule has 0 unspecified atom stereocenters. The lowest BCUT2D eigenvalue weighted by atomic mass is 10.2. The number of ether oxygens (including phenoxy) is 9. The number of carboxylic acids is 1. The average molecular weight is 604 g/mol. The van der Waals surface area contributed by atoms with Crippen molar-refractivity contribution in [2.75, 3.05) is 131 Å². The molecule has 1 amide bonds. The molecule has 0 saturated heterocycles. The fourth-order valence-corrected chi connectivity index (χ4v) is 3.03. The van der Waals surface area contributed by atoms with Crippen LogP contribution in [0.1, 0.15) is 25.7 Å². The van der Waals surface area contributed by atoms with Gasteiger partial charge >= 0.3 is 5.97 Å². The predicted molar refractivity (Wildman–Crippen MR) is 147 cm³/mol. The van der Waals surface area contributed by atoms with Crippen molar-refractivity contribution in [2.24, 2.45) is 0 Å². The highest BCUT2D eigenvalue weighted by molar-refractivity contribution is 6.17. The standard InChI is InChI=1S/C26H50ClNO12/c27-5-3-1-2-4-7-32-9-11-34-13-15-36-17-19-38-21-22-39-20-18-37-16-14-35-12-10-33-8-6-28-25(29)23-40-24-26(30)31/h1-24H2,(H,28,29)(H,30,31). The number of nitrogens with one attached hydrogen (secondary N) is 1. The number of rotatable bonds is 34. The van der Waals surface area contributed by atoms with Gasteiger partial charge in [-0.05, 0) is 12.8 Å². The molecule has 14 heteroatoms. The van der Waals surface area contributed by atoms with Gasteiger partial charge in [0.25, 0.3) is 0 Å². The number of alkyl halides is 1. The van der Waals surface area contributed by atoms with Crippen LogP contribution in [0.5, 0.6) is 0 Å². The average Bonchev–Trinajstić information content (AvgIpc) is 2.94. The van der Waals surface area contributed by atoms with Crippen molar-refractivity contribution >= 4 is 23.5 Å². The van der Waals surface area contributed by atoms with E-state index in [1.165, 1.54) is 0 Å². The minimum Gasteiger partial charge on any atom is -0.480 e. The van der Waals surface area contributed by atoms with E-state index in [-0.39, 0.29) is 6.61 Å². The summed E-state index contributed by atoms with van der Waals surface area (Å²) in [4.78, 5) is 21.6. The van der Waals surface area contributed by atoms with Crippen LogP contribution < -0.4 is 5.32 Å². The van der Waals surface area contributed by atoms with Gasteiger partial charge < -0.3 is 53.1 Å². The van der Waals surface area contributed by atoms with Crippen LogP contribution in [0.15, 0.2) is 0 Å². The molecule has 0 atom stereocenters. The van der Waals surface area contributed by atoms with Crippen molar-refractivity contribution < 1.29 is 57.3 Å². The number of amides is 1. The Balaban J connectivity index is 3.08. The molecule has 0 aromatic rings. The number of aliphatic carboxylic acids is 1. The summed E-state index contributed by atoms with van der Waals surface area (Å²) in [7, 11) is 0. The molecule has 0 radical (unpaired) electrons. The number of hydrogen-bond acceptors (Lipinski definition) is 11. The summed E-state index contributed by atoms with van der Waals surface area (Å²) in [5.41, 5.74) is 0. The van der Waals surface area contributed by atoms with Crippen LogP contribution in [0, 0.1) is 0 Å². The molecule has 0 rings (SSSR count). The van der Waals surface area contributed by atoms with Crippen LogP contribution >= 0.6 is 11.6 Å². The molecule has 0 aliphatic heterocycles. The first kappa shape index (κ1) is 38.9. The van der Waals surface area contributed by atoms with Crippen LogP contribution in [0.25, 0.3) is 0 Å². The molecular weight excluding hydrogens is 554 g/mol. The van der Waals surface area contributed by atoms with Gasteiger partial charge in [-0.2, -0.15) is 0 Å². The molecule has 238 valence electrons. The maximum absolute atomic E-state index is 11.3. The molecule has 0 spiro atoms. The fourth-order valence-electron chi connectivity index (χ4n) is 2.84. The monoisotopic (exact) mass is 603 g/mol. The van der Waals surface area contributed by atoms with E-state index in [1.807, 2.05) is 0 Å². The maximum atomic E-state index is 11.3. The highest BCUT2D eigenvalue weighted by Gasteiger charge is 2.03. The topological polar surface area (TPSA) is 149 Å². The molecule has 0 aromatic carbocycles. The Hall–Kier alpha value is -1.13. The van der Waals surface area contributed by atoms with Crippen LogP contribution in [-0.2, 0) is 52.2 Å².